The summed E-state index contributed by atoms with van der Waals surface area (Å²) in [6, 6.07) is 7.84. The molecule has 25 heavy (non-hydrogen) atoms. The summed E-state index contributed by atoms with van der Waals surface area (Å²) in [4.78, 5) is 20.5. The molecule has 0 aliphatic heterocycles. The Bertz CT molecular complexity index is 764. The van der Waals surface area contributed by atoms with Crippen molar-refractivity contribution in [2.75, 3.05) is 11.9 Å². The van der Waals surface area contributed by atoms with E-state index in [1.807, 2.05) is 24.3 Å². The Morgan fingerprint density at radius 1 is 1.24 bits per heavy atom. The van der Waals surface area contributed by atoms with Crippen molar-refractivity contribution in [2.24, 2.45) is 5.41 Å². The quantitative estimate of drug-likeness (QED) is 0.788. The molecule has 0 bridgehead atoms. The van der Waals surface area contributed by atoms with Gasteiger partial charge in [-0.1, -0.05) is 32.9 Å². The standard InChI is InChI=1S/C19H23ClN4O/c1-19(2,3)11-22-16-15(10-21-18(20)24-16)12-4-6-13(7-5-12)17(25)23-14-8-9-14/h4-7,10,14H,8-9,11H2,1-3H3,(H,23,25)(H,21,22,24). The van der Waals surface area contributed by atoms with Gasteiger partial charge in [-0.2, -0.15) is 0 Å². The molecule has 0 atom stereocenters. The first-order valence-electron chi connectivity index (χ1n) is 8.49. The van der Waals surface area contributed by atoms with Crippen LogP contribution >= 0.6 is 11.6 Å². The number of aromatic nitrogens is 2. The van der Waals surface area contributed by atoms with Crippen molar-refractivity contribution in [2.45, 2.75) is 39.7 Å². The maximum absolute atomic E-state index is 12.1. The van der Waals surface area contributed by atoms with Crippen LogP contribution in [0.4, 0.5) is 5.82 Å². The van der Waals surface area contributed by atoms with E-state index in [4.69, 9.17) is 11.6 Å². The van der Waals surface area contributed by atoms with Crippen molar-refractivity contribution in [1.29, 1.82) is 0 Å². The largest absolute Gasteiger partial charge is 0.369 e. The number of nitrogens with zero attached hydrogens (tertiary/aromatic N) is 2. The number of anilines is 1. The molecule has 1 aliphatic carbocycles. The Balaban J connectivity index is 1.81. The average molecular weight is 359 g/mol. The topological polar surface area (TPSA) is 66.9 Å². The molecule has 2 N–H and O–H groups in total. The van der Waals surface area contributed by atoms with Gasteiger partial charge in [-0.05, 0) is 47.6 Å². The van der Waals surface area contributed by atoms with Gasteiger partial charge < -0.3 is 10.6 Å². The number of hydrogen-bond donors (Lipinski definition) is 2. The van der Waals surface area contributed by atoms with Gasteiger partial charge >= 0.3 is 0 Å². The lowest BCUT2D eigenvalue weighted by Gasteiger charge is -2.20. The zero-order chi connectivity index (χ0) is 18.0. The molecule has 1 aromatic carbocycles. The molecule has 0 saturated heterocycles. The van der Waals surface area contributed by atoms with Gasteiger partial charge in [0, 0.05) is 29.9 Å². The molecule has 5 nitrogen and oxygen atoms in total. The van der Waals surface area contributed by atoms with Crippen LogP contribution in [0.1, 0.15) is 44.0 Å². The second-order valence-electron chi connectivity index (χ2n) is 7.64. The molecule has 0 unspecified atom stereocenters. The van der Waals surface area contributed by atoms with Gasteiger partial charge in [-0.3, -0.25) is 4.79 Å². The molecule has 132 valence electrons. The fraction of sp³-hybridized carbons (Fsp3) is 0.421. The third kappa shape index (κ3) is 4.92. The van der Waals surface area contributed by atoms with Crippen LogP contribution in [-0.4, -0.2) is 28.5 Å². The number of nitrogens with one attached hydrogen (secondary N) is 2. The van der Waals surface area contributed by atoms with Gasteiger partial charge in [-0.25, -0.2) is 9.97 Å². The third-order valence-corrected chi connectivity index (χ3v) is 4.10. The number of hydrogen-bond acceptors (Lipinski definition) is 4. The highest BCUT2D eigenvalue weighted by atomic mass is 35.5. The molecule has 1 heterocycles. The Labute approximate surface area is 153 Å². The van der Waals surface area contributed by atoms with Gasteiger partial charge in [0.15, 0.2) is 0 Å². The van der Waals surface area contributed by atoms with E-state index in [2.05, 4.69) is 41.4 Å². The molecule has 1 amide bonds. The first kappa shape index (κ1) is 17.7. The zero-order valence-electron chi connectivity index (χ0n) is 14.8. The first-order valence-corrected chi connectivity index (χ1v) is 8.87. The smallest absolute Gasteiger partial charge is 0.251 e. The second kappa shape index (κ2) is 7.00. The van der Waals surface area contributed by atoms with Crippen molar-refractivity contribution >= 4 is 23.3 Å². The Hall–Kier alpha value is -2.14. The van der Waals surface area contributed by atoms with E-state index in [0.717, 1.165) is 30.5 Å². The lowest BCUT2D eigenvalue weighted by atomic mass is 9.97. The zero-order valence-corrected chi connectivity index (χ0v) is 15.5. The molecule has 0 spiro atoms. The van der Waals surface area contributed by atoms with E-state index in [-0.39, 0.29) is 16.6 Å². The molecule has 1 aliphatic rings. The predicted octanol–water partition coefficient (Wildman–Crippen LogP) is 4.15. The van der Waals surface area contributed by atoms with Crippen molar-refractivity contribution in [3.63, 3.8) is 0 Å². The molecule has 3 rings (SSSR count). The van der Waals surface area contributed by atoms with E-state index in [0.29, 0.717) is 17.4 Å². The van der Waals surface area contributed by atoms with E-state index >= 15 is 0 Å². The molecule has 1 saturated carbocycles. The van der Waals surface area contributed by atoms with Crippen LogP contribution in [0.2, 0.25) is 5.28 Å². The molecule has 2 aromatic rings. The number of rotatable bonds is 5. The fourth-order valence-electron chi connectivity index (χ4n) is 2.35. The number of halogens is 1. The summed E-state index contributed by atoms with van der Waals surface area (Å²) in [6.07, 6.45) is 3.86. The lowest BCUT2D eigenvalue weighted by Crippen LogP contribution is -2.25. The van der Waals surface area contributed by atoms with Crippen LogP contribution in [0.15, 0.2) is 30.5 Å². The normalized spacial score (nSPS) is 14.2. The molecular formula is C19H23ClN4O. The number of carbonyl (C=O) groups excluding carboxylic acids is 1. The molecule has 1 fully saturated rings. The van der Waals surface area contributed by atoms with E-state index in [9.17, 15) is 4.79 Å². The minimum Gasteiger partial charge on any atom is -0.369 e. The maximum Gasteiger partial charge on any atom is 0.251 e. The molecule has 6 heteroatoms. The fourth-order valence-corrected chi connectivity index (χ4v) is 2.49. The summed E-state index contributed by atoms with van der Waals surface area (Å²) >= 11 is 5.96. The molecule has 0 radical (unpaired) electrons. The van der Waals surface area contributed by atoms with Crippen LogP contribution in [-0.2, 0) is 0 Å². The van der Waals surface area contributed by atoms with E-state index in [1.165, 1.54) is 0 Å². The van der Waals surface area contributed by atoms with Crippen LogP contribution < -0.4 is 10.6 Å². The van der Waals surface area contributed by atoms with Crippen molar-refractivity contribution in [3.05, 3.63) is 41.3 Å². The maximum atomic E-state index is 12.1. The monoisotopic (exact) mass is 358 g/mol. The van der Waals surface area contributed by atoms with Crippen LogP contribution in [0, 0.1) is 5.41 Å². The Morgan fingerprint density at radius 2 is 1.92 bits per heavy atom. The summed E-state index contributed by atoms with van der Waals surface area (Å²) in [5.74, 6) is 0.678. The van der Waals surface area contributed by atoms with Crippen molar-refractivity contribution < 1.29 is 4.79 Å². The highest BCUT2D eigenvalue weighted by molar-refractivity contribution is 6.28. The number of amides is 1. The SMILES string of the molecule is CC(C)(C)CNc1nc(Cl)ncc1-c1ccc(C(=O)NC2CC2)cc1. The van der Waals surface area contributed by atoms with Gasteiger partial charge in [0.1, 0.15) is 5.82 Å². The third-order valence-electron chi connectivity index (χ3n) is 3.92. The first-order chi connectivity index (χ1) is 11.8. The lowest BCUT2D eigenvalue weighted by molar-refractivity contribution is 0.0951. The summed E-state index contributed by atoms with van der Waals surface area (Å²) in [5.41, 5.74) is 2.58. The molecular weight excluding hydrogens is 336 g/mol. The highest BCUT2D eigenvalue weighted by Gasteiger charge is 2.23. The Morgan fingerprint density at radius 3 is 2.52 bits per heavy atom. The number of benzene rings is 1. The summed E-state index contributed by atoms with van der Waals surface area (Å²) in [5, 5.41) is 6.55. The van der Waals surface area contributed by atoms with E-state index in [1.54, 1.807) is 6.20 Å². The average Bonchev–Trinajstić information content (AvgIpc) is 3.36. The summed E-state index contributed by atoms with van der Waals surface area (Å²) < 4.78 is 0. The van der Waals surface area contributed by atoms with Gasteiger partial charge in [-0.15, -0.1) is 0 Å². The van der Waals surface area contributed by atoms with Crippen molar-refractivity contribution in [1.82, 2.24) is 15.3 Å². The second-order valence-corrected chi connectivity index (χ2v) is 7.98. The highest BCUT2D eigenvalue weighted by Crippen LogP contribution is 2.28. The van der Waals surface area contributed by atoms with E-state index < -0.39 is 0 Å². The van der Waals surface area contributed by atoms with Crippen LogP contribution in [0.25, 0.3) is 11.1 Å². The molecule has 1 aromatic heterocycles. The van der Waals surface area contributed by atoms with Crippen molar-refractivity contribution in [3.8, 4) is 11.1 Å². The predicted molar refractivity (Wildman–Crippen MR) is 101 cm³/mol. The van der Waals surface area contributed by atoms with Crippen LogP contribution in [0.3, 0.4) is 0 Å². The summed E-state index contributed by atoms with van der Waals surface area (Å²) in [6.45, 7) is 7.20. The minimum atomic E-state index is -0.0208. The van der Waals surface area contributed by atoms with Crippen LogP contribution in [0.5, 0.6) is 0 Å². The minimum absolute atomic E-state index is 0.0208. The number of carbonyl (C=O) groups is 1. The Kier molecular flexibility index (Phi) is 4.95. The summed E-state index contributed by atoms with van der Waals surface area (Å²) in [7, 11) is 0. The van der Waals surface area contributed by atoms with Gasteiger partial charge in [0.25, 0.3) is 5.91 Å². The van der Waals surface area contributed by atoms with Gasteiger partial charge in [0.05, 0.1) is 0 Å². The van der Waals surface area contributed by atoms with Gasteiger partial charge in [0.2, 0.25) is 5.28 Å².